The summed E-state index contributed by atoms with van der Waals surface area (Å²) in [6, 6.07) is 12.4. The van der Waals surface area contributed by atoms with Crippen molar-refractivity contribution >= 4 is 28.9 Å². The Morgan fingerprint density at radius 3 is 2.48 bits per heavy atom. The number of rotatable bonds is 2. The summed E-state index contributed by atoms with van der Waals surface area (Å²) in [7, 11) is 3.92. The number of carbonyl (C=O) groups excluding carboxylic acids is 1. The number of benzene rings is 2. The standard InChI is InChI=1S/C17H15FN2O/c1-20(2)12-8-6-11(7-9-12)10-13-16-14(18)4-3-5-15(16)19-17(13)21/h3-10H,1-2H3,(H,19,21)/b13-10+. The summed E-state index contributed by atoms with van der Waals surface area (Å²) < 4.78 is 13.9. The van der Waals surface area contributed by atoms with Crippen LogP contribution >= 0.6 is 0 Å². The highest BCUT2D eigenvalue weighted by molar-refractivity contribution is 6.35. The van der Waals surface area contributed by atoms with Crippen molar-refractivity contribution in [3.63, 3.8) is 0 Å². The molecule has 0 fully saturated rings. The predicted octanol–water partition coefficient (Wildman–Crippen LogP) is 3.38. The highest BCUT2D eigenvalue weighted by atomic mass is 19.1. The van der Waals surface area contributed by atoms with Gasteiger partial charge in [-0.2, -0.15) is 0 Å². The molecule has 1 heterocycles. The van der Waals surface area contributed by atoms with Crippen LogP contribution in [0.2, 0.25) is 0 Å². The molecule has 1 amide bonds. The van der Waals surface area contributed by atoms with Gasteiger partial charge in [-0.1, -0.05) is 18.2 Å². The van der Waals surface area contributed by atoms with Gasteiger partial charge in [-0.15, -0.1) is 0 Å². The number of hydrogen-bond donors (Lipinski definition) is 1. The summed E-state index contributed by atoms with van der Waals surface area (Å²) in [5.74, 6) is -0.659. The van der Waals surface area contributed by atoms with Crippen LogP contribution < -0.4 is 10.2 Å². The first-order valence-corrected chi connectivity index (χ1v) is 6.65. The van der Waals surface area contributed by atoms with E-state index in [4.69, 9.17) is 0 Å². The first-order chi connectivity index (χ1) is 10.1. The molecule has 2 aromatic rings. The Morgan fingerprint density at radius 1 is 1.10 bits per heavy atom. The molecule has 2 aromatic carbocycles. The average molecular weight is 282 g/mol. The summed E-state index contributed by atoms with van der Waals surface area (Å²) >= 11 is 0. The zero-order valence-corrected chi connectivity index (χ0v) is 11.9. The lowest BCUT2D eigenvalue weighted by molar-refractivity contribution is -0.110. The maximum absolute atomic E-state index is 13.9. The van der Waals surface area contributed by atoms with E-state index in [1.165, 1.54) is 6.07 Å². The molecule has 0 unspecified atom stereocenters. The van der Waals surface area contributed by atoms with Crippen LogP contribution in [0.4, 0.5) is 15.8 Å². The highest BCUT2D eigenvalue weighted by Crippen LogP contribution is 2.35. The molecule has 1 aliphatic heterocycles. The normalized spacial score (nSPS) is 15.0. The summed E-state index contributed by atoms with van der Waals surface area (Å²) in [6.45, 7) is 0. The Labute approximate surface area is 122 Å². The largest absolute Gasteiger partial charge is 0.378 e. The number of anilines is 2. The molecule has 0 radical (unpaired) electrons. The molecule has 3 rings (SSSR count). The number of nitrogens with one attached hydrogen (secondary N) is 1. The Kier molecular flexibility index (Phi) is 3.22. The molecule has 3 nitrogen and oxygen atoms in total. The number of carbonyl (C=O) groups is 1. The van der Waals surface area contributed by atoms with E-state index in [0.29, 0.717) is 16.8 Å². The van der Waals surface area contributed by atoms with Crippen LogP contribution in [-0.2, 0) is 4.79 Å². The lowest BCUT2D eigenvalue weighted by Gasteiger charge is -2.12. The Morgan fingerprint density at radius 2 is 1.81 bits per heavy atom. The van der Waals surface area contributed by atoms with Gasteiger partial charge in [-0.3, -0.25) is 4.79 Å². The Bertz CT molecular complexity index is 733. The zero-order valence-electron chi connectivity index (χ0n) is 11.9. The first-order valence-electron chi connectivity index (χ1n) is 6.65. The van der Waals surface area contributed by atoms with Crippen molar-refractivity contribution in [2.45, 2.75) is 0 Å². The number of halogens is 1. The minimum atomic E-state index is -0.387. The van der Waals surface area contributed by atoms with Gasteiger partial charge in [0.25, 0.3) is 5.91 Å². The minimum absolute atomic E-state index is 0.271. The molecule has 0 bridgehead atoms. The van der Waals surface area contributed by atoms with Gasteiger partial charge in [0.05, 0.1) is 11.3 Å². The van der Waals surface area contributed by atoms with E-state index in [-0.39, 0.29) is 11.7 Å². The first kappa shape index (κ1) is 13.4. The highest BCUT2D eigenvalue weighted by Gasteiger charge is 2.26. The summed E-state index contributed by atoms with van der Waals surface area (Å²) in [5, 5.41) is 2.68. The van der Waals surface area contributed by atoms with E-state index < -0.39 is 0 Å². The van der Waals surface area contributed by atoms with Crippen LogP contribution in [0.25, 0.3) is 11.6 Å². The lowest BCUT2D eigenvalue weighted by Crippen LogP contribution is -2.08. The molecule has 0 spiro atoms. The second kappa shape index (κ2) is 5.05. The summed E-state index contributed by atoms with van der Waals surface area (Å²) in [4.78, 5) is 14.0. The van der Waals surface area contributed by atoms with Crippen molar-refractivity contribution in [2.24, 2.45) is 0 Å². The molecule has 4 heteroatoms. The molecule has 1 aliphatic rings. The van der Waals surface area contributed by atoms with Gasteiger partial charge < -0.3 is 10.2 Å². The number of amides is 1. The van der Waals surface area contributed by atoms with E-state index in [1.807, 2.05) is 43.3 Å². The number of fused-ring (bicyclic) bond motifs is 1. The van der Waals surface area contributed by atoms with E-state index in [0.717, 1.165) is 11.3 Å². The second-order valence-corrected chi connectivity index (χ2v) is 5.16. The quantitative estimate of drug-likeness (QED) is 0.856. The van der Waals surface area contributed by atoms with Crippen molar-refractivity contribution in [1.82, 2.24) is 0 Å². The van der Waals surface area contributed by atoms with Gasteiger partial charge in [-0.25, -0.2) is 4.39 Å². The Hall–Kier alpha value is -2.62. The third-order valence-corrected chi connectivity index (χ3v) is 3.50. The average Bonchev–Trinajstić information content (AvgIpc) is 2.77. The van der Waals surface area contributed by atoms with E-state index >= 15 is 0 Å². The monoisotopic (exact) mass is 282 g/mol. The molecule has 0 aliphatic carbocycles. The molecule has 0 saturated heterocycles. The van der Waals surface area contributed by atoms with Crippen LogP contribution in [0.15, 0.2) is 42.5 Å². The summed E-state index contributed by atoms with van der Waals surface area (Å²) in [6.07, 6.45) is 1.71. The SMILES string of the molecule is CN(C)c1ccc(/C=C2/C(=O)Nc3cccc(F)c32)cc1. The molecule has 0 aromatic heterocycles. The maximum Gasteiger partial charge on any atom is 0.256 e. The number of nitrogens with zero attached hydrogens (tertiary/aromatic N) is 1. The van der Waals surface area contributed by atoms with Gasteiger partial charge in [0, 0.05) is 25.3 Å². The van der Waals surface area contributed by atoms with E-state index in [1.54, 1.807) is 18.2 Å². The van der Waals surface area contributed by atoms with Crippen molar-refractivity contribution in [3.8, 4) is 0 Å². The molecular formula is C17H15FN2O. The molecule has 0 atom stereocenters. The van der Waals surface area contributed by atoms with Gasteiger partial charge >= 0.3 is 0 Å². The van der Waals surface area contributed by atoms with Gasteiger partial charge in [0.15, 0.2) is 0 Å². The predicted molar refractivity (Wildman–Crippen MR) is 83.7 cm³/mol. The molecule has 0 saturated carbocycles. The van der Waals surface area contributed by atoms with Crippen LogP contribution in [0.5, 0.6) is 0 Å². The fourth-order valence-electron chi connectivity index (χ4n) is 2.38. The topological polar surface area (TPSA) is 32.3 Å². The van der Waals surface area contributed by atoms with Crippen molar-refractivity contribution in [1.29, 1.82) is 0 Å². The smallest absolute Gasteiger partial charge is 0.256 e. The summed E-state index contributed by atoms with van der Waals surface area (Å²) in [5.41, 5.74) is 3.16. The second-order valence-electron chi connectivity index (χ2n) is 5.16. The van der Waals surface area contributed by atoms with Crippen LogP contribution in [-0.4, -0.2) is 20.0 Å². The van der Waals surface area contributed by atoms with Gasteiger partial charge in [0.2, 0.25) is 0 Å². The van der Waals surface area contributed by atoms with E-state index in [9.17, 15) is 9.18 Å². The van der Waals surface area contributed by atoms with Crippen LogP contribution in [0.1, 0.15) is 11.1 Å². The zero-order chi connectivity index (χ0) is 15.0. The van der Waals surface area contributed by atoms with Crippen LogP contribution in [0.3, 0.4) is 0 Å². The third kappa shape index (κ3) is 2.40. The maximum atomic E-state index is 13.9. The van der Waals surface area contributed by atoms with Crippen LogP contribution in [0, 0.1) is 5.82 Å². The van der Waals surface area contributed by atoms with Crippen molar-refractivity contribution in [2.75, 3.05) is 24.3 Å². The fourth-order valence-corrected chi connectivity index (χ4v) is 2.38. The fraction of sp³-hybridized carbons (Fsp3) is 0.118. The van der Waals surface area contributed by atoms with Crippen molar-refractivity contribution in [3.05, 3.63) is 59.4 Å². The minimum Gasteiger partial charge on any atom is -0.378 e. The molecule has 106 valence electrons. The molecular weight excluding hydrogens is 267 g/mol. The molecule has 1 N–H and O–H groups in total. The lowest BCUT2D eigenvalue weighted by atomic mass is 10.0. The third-order valence-electron chi connectivity index (χ3n) is 3.50. The van der Waals surface area contributed by atoms with Gasteiger partial charge in [-0.05, 0) is 35.9 Å². The van der Waals surface area contributed by atoms with Crippen molar-refractivity contribution < 1.29 is 9.18 Å². The Balaban J connectivity index is 2.03. The molecule has 21 heavy (non-hydrogen) atoms. The number of hydrogen-bond acceptors (Lipinski definition) is 2. The van der Waals surface area contributed by atoms with E-state index in [2.05, 4.69) is 5.32 Å². The van der Waals surface area contributed by atoms with Gasteiger partial charge in [0.1, 0.15) is 5.82 Å².